The van der Waals surface area contributed by atoms with Gasteiger partial charge in [-0.3, -0.25) is 0 Å². The van der Waals surface area contributed by atoms with Crippen molar-refractivity contribution in [3.05, 3.63) is 60.7 Å². The SMILES string of the molecule is CC(O)[C@](C)(O)CP(=O)(c1ccccc1)c1ccccc1. The van der Waals surface area contributed by atoms with Crippen LogP contribution in [0.3, 0.4) is 0 Å². The van der Waals surface area contributed by atoms with Crippen LogP contribution >= 0.6 is 7.14 Å². The van der Waals surface area contributed by atoms with Crippen molar-refractivity contribution in [2.45, 2.75) is 25.6 Å². The molecule has 1 unspecified atom stereocenters. The van der Waals surface area contributed by atoms with E-state index in [1.54, 1.807) is 0 Å². The van der Waals surface area contributed by atoms with Gasteiger partial charge >= 0.3 is 0 Å². The number of rotatable bonds is 5. The van der Waals surface area contributed by atoms with Gasteiger partial charge in [0.2, 0.25) is 0 Å². The van der Waals surface area contributed by atoms with E-state index >= 15 is 0 Å². The van der Waals surface area contributed by atoms with Crippen LogP contribution < -0.4 is 10.6 Å². The molecule has 0 aliphatic rings. The van der Waals surface area contributed by atoms with Crippen molar-refractivity contribution < 1.29 is 14.8 Å². The molecule has 3 nitrogen and oxygen atoms in total. The molecule has 0 spiro atoms. The highest BCUT2D eigenvalue weighted by Crippen LogP contribution is 2.46. The minimum absolute atomic E-state index is 0.00565. The minimum Gasteiger partial charge on any atom is -0.390 e. The molecule has 0 amide bonds. The van der Waals surface area contributed by atoms with Crippen LogP contribution in [0, 0.1) is 0 Å². The van der Waals surface area contributed by atoms with E-state index in [4.69, 9.17) is 0 Å². The Morgan fingerprint density at radius 3 is 1.71 bits per heavy atom. The zero-order chi connectivity index (χ0) is 15.5. The van der Waals surface area contributed by atoms with E-state index in [1.807, 2.05) is 60.7 Å². The molecular weight excluding hydrogens is 283 g/mol. The van der Waals surface area contributed by atoms with E-state index in [2.05, 4.69) is 0 Å². The van der Waals surface area contributed by atoms with Gasteiger partial charge in [0.25, 0.3) is 0 Å². The van der Waals surface area contributed by atoms with Gasteiger partial charge < -0.3 is 14.8 Å². The molecule has 2 rings (SSSR count). The lowest BCUT2D eigenvalue weighted by molar-refractivity contribution is -0.0349. The zero-order valence-electron chi connectivity index (χ0n) is 12.3. The molecule has 0 heterocycles. The fraction of sp³-hybridized carbons (Fsp3) is 0.294. The highest BCUT2D eigenvalue weighted by molar-refractivity contribution is 7.78. The summed E-state index contributed by atoms with van der Waals surface area (Å²) in [6.45, 7) is 3.04. The standard InChI is InChI=1S/C17H21O3P/c1-14(18)17(2,19)13-21(20,15-9-5-3-6-10-15)16-11-7-4-8-12-16/h3-12,14,18-19H,13H2,1-2H3/t14?,17-/m1/s1. The van der Waals surface area contributed by atoms with Crippen LogP contribution in [0.15, 0.2) is 60.7 Å². The first-order valence-electron chi connectivity index (χ1n) is 6.97. The number of aliphatic hydroxyl groups is 2. The number of benzene rings is 2. The topological polar surface area (TPSA) is 57.5 Å². The first-order valence-corrected chi connectivity index (χ1v) is 8.86. The second-order valence-electron chi connectivity index (χ2n) is 5.60. The van der Waals surface area contributed by atoms with E-state index in [9.17, 15) is 14.8 Å². The monoisotopic (exact) mass is 304 g/mol. The van der Waals surface area contributed by atoms with Crippen LogP contribution in [0.1, 0.15) is 13.8 Å². The maximum Gasteiger partial charge on any atom is 0.146 e. The van der Waals surface area contributed by atoms with Crippen molar-refractivity contribution in [1.82, 2.24) is 0 Å². The maximum atomic E-state index is 13.7. The summed E-state index contributed by atoms with van der Waals surface area (Å²) in [5, 5.41) is 21.6. The molecule has 2 N–H and O–H groups in total. The van der Waals surface area contributed by atoms with Crippen LogP contribution in [-0.4, -0.2) is 28.1 Å². The third kappa shape index (κ3) is 3.44. The molecule has 0 aliphatic carbocycles. The van der Waals surface area contributed by atoms with E-state index in [0.717, 1.165) is 0 Å². The van der Waals surface area contributed by atoms with E-state index in [-0.39, 0.29) is 6.16 Å². The summed E-state index contributed by atoms with van der Waals surface area (Å²) in [6, 6.07) is 18.3. The van der Waals surface area contributed by atoms with Gasteiger partial charge in [-0.25, -0.2) is 0 Å². The van der Waals surface area contributed by atoms with Gasteiger partial charge in [0.05, 0.1) is 11.7 Å². The Hall–Kier alpha value is -1.41. The molecule has 0 saturated heterocycles. The zero-order valence-corrected chi connectivity index (χ0v) is 13.2. The molecule has 21 heavy (non-hydrogen) atoms. The van der Waals surface area contributed by atoms with Gasteiger partial charge in [-0.05, 0) is 13.8 Å². The Bertz CT molecular complexity index is 577. The lowest BCUT2D eigenvalue weighted by Gasteiger charge is -2.31. The molecule has 0 radical (unpaired) electrons. The first kappa shape index (κ1) is 16.0. The van der Waals surface area contributed by atoms with Gasteiger partial charge in [0.15, 0.2) is 0 Å². The molecule has 2 aromatic carbocycles. The van der Waals surface area contributed by atoms with Crippen LogP contribution in [-0.2, 0) is 4.57 Å². The number of aliphatic hydroxyl groups excluding tert-OH is 1. The Balaban J connectivity index is 2.54. The highest BCUT2D eigenvalue weighted by Gasteiger charge is 2.38. The predicted molar refractivity (Wildman–Crippen MR) is 86.9 cm³/mol. The van der Waals surface area contributed by atoms with Crippen molar-refractivity contribution in [2.24, 2.45) is 0 Å². The average molecular weight is 304 g/mol. The molecule has 2 aromatic rings. The summed E-state index contributed by atoms with van der Waals surface area (Å²) in [6.07, 6.45) is -0.954. The van der Waals surface area contributed by atoms with Gasteiger partial charge in [-0.1, -0.05) is 60.7 Å². The normalized spacial score (nSPS) is 16.2. The Morgan fingerprint density at radius 1 is 1.00 bits per heavy atom. The molecule has 4 heteroatoms. The molecule has 2 atom stereocenters. The Labute approximate surface area is 125 Å². The van der Waals surface area contributed by atoms with Crippen molar-refractivity contribution in [3.8, 4) is 0 Å². The van der Waals surface area contributed by atoms with Crippen LogP contribution in [0.2, 0.25) is 0 Å². The third-order valence-corrected chi connectivity index (χ3v) is 7.14. The number of hydrogen-bond donors (Lipinski definition) is 2. The summed E-state index contributed by atoms with van der Waals surface area (Å²) >= 11 is 0. The maximum absolute atomic E-state index is 13.7. The largest absolute Gasteiger partial charge is 0.390 e. The summed E-state index contributed by atoms with van der Waals surface area (Å²) in [5.41, 5.74) is -1.42. The van der Waals surface area contributed by atoms with Crippen LogP contribution in [0.5, 0.6) is 0 Å². The van der Waals surface area contributed by atoms with Gasteiger partial charge in [0, 0.05) is 16.8 Å². The smallest absolute Gasteiger partial charge is 0.146 e. The van der Waals surface area contributed by atoms with Crippen molar-refractivity contribution >= 4 is 17.8 Å². The van der Waals surface area contributed by atoms with Gasteiger partial charge in [-0.2, -0.15) is 0 Å². The first-order chi connectivity index (χ1) is 9.86. The third-order valence-electron chi connectivity index (χ3n) is 3.79. The molecule has 112 valence electrons. The van der Waals surface area contributed by atoms with E-state index in [0.29, 0.717) is 10.6 Å². The lowest BCUT2D eigenvalue weighted by Crippen LogP contribution is -2.43. The fourth-order valence-electron chi connectivity index (χ4n) is 2.25. The quantitative estimate of drug-likeness (QED) is 0.832. The average Bonchev–Trinajstić information content (AvgIpc) is 2.48. The van der Waals surface area contributed by atoms with Crippen LogP contribution in [0.4, 0.5) is 0 Å². The van der Waals surface area contributed by atoms with Gasteiger partial charge in [0.1, 0.15) is 7.14 Å². The Kier molecular flexibility index (Phi) is 4.67. The second-order valence-corrected chi connectivity index (χ2v) is 8.43. The van der Waals surface area contributed by atoms with Crippen LogP contribution in [0.25, 0.3) is 0 Å². The number of hydrogen-bond acceptors (Lipinski definition) is 3. The van der Waals surface area contributed by atoms with Crippen molar-refractivity contribution in [1.29, 1.82) is 0 Å². The molecule has 0 aliphatic heterocycles. The highest BCUT2D eigenvalue weighted by atomic mass is 31.2. The van der Waals surface area contributed by atoms with E-state index in [1.165, 1.54) is 13.8 Å². The lowest BCUT2D eigenvalue weighted by atomic mass is 10.0. The molecule has 0 saturated carbocycles. The second kappa shape index (κ2) is 6.15. The van der Waals surface area contributed by atoms with Crippen molar-refractivity contribution in [3.63, 3.8) is 0 Å². The van der Waals surface area contributed by atoms with E-state index < -0.39 is 18.8 Å². The Morgan fingerprint density at radius 2 is 1.38 bits per heavy atom. The fourth-order valence-corrected chi connectivity index (χ4v) is 5.39. The molecular formula is C17H21O3P. The predicted octanol–water partition coefficient (Wildman–Crippen LogP) is 2.13. The molecule has 0 bridgehead atoms. The summed E-state index contributed by atoms with van der Waals surface area (Å²) < 4.78 is 13.7. The minimum atomic E-state index is -3.01. The summed E-state index contributed by atoms with van der Waals surface area (Å²) in [5.74, 6) is 0. The summed E-state index contributed by atoms with van der Waals surface area (Å²) in [7, 11) is -3.01. The van der Waals surface area contributed by atoms with Gasteiger partial charge in [-0.15, -0.1) is 0 Å². The summed E-state index contributed by atoms with van der Waals surface area (Å²) in [4.78, 5) is 0. The molecule has 0 aromatic heterocycles. The molecule has 0 fully saturated rings. The van der Waals surface area contributed by atoms with Crippen molar-refractivity contribution in [2.75, 3.05) is 6.16 Å².